The Labute approximate surface area is 113 Å². The van der Waals surface area contributed by atoms with Crippen LogP contribution in [0.1, 0.15) is 43.7 Å². The fourth-order valence-corrected chi connectivity index (χ4v) is 2.25. The molecule has 0 radical (unpaired) electrons. The highest BCUT2D eigenvalue weighted by Gasteiger charge is 2.29. The first-order chi connectivity index (χ1) is 9.02. The molecular formula is C15H19NO3. The van der Waals surface area contributed by atoms with Gasteiger partial charge in [0.15, 0.2) is 0 Å². The molecule has 2 rings (SSSR count). The predicted octanol–water partition coefficient (Wildman–Crippen LogP) is 2.47. The van der Waals surface area contributed by atoms with Gasteiger partial charge in [0, 0.05) is 18.4 Å². The summed E-state index contributed by atoms with van der Waals surface area (Å²) in [4.78, 5) is 24.7. The van der Waals surface area contributed by atoms with Crippen LogP contribution in [0.15, 0.2) is 18.2 Å². The van der Waals surface area contributed by atoms with E-state index in [0.717, 1.165) is 11.3 Å². The van der Waals surface area contributed by atoms with E-state index in [1.54, 1.807) is 7.11 Å². The third kappa shape index (κ3) is 2.78. The van der Waals surface area contributed by atoms with E-state index in [0.29, 0.717) is 25.3 Å². The number of nitrogens with zero attached hydrogens (tertiary/aromatic N) is 1. The minimum absolute atomic E-state index is 0.0954. The summed E-state index contributed by atoms with van der Waals surface area (Å²) < 4.78 is 5.31. The molecule has 1 aromatic rings. The van der Waals surface area contributed by atoms with Crippen molar-refractivity contribution in [3.05, 3.63) is 29.3 Å². The van der Waals surface area contributed by atoms with Gasteiger partial charge in [0.2, 0.25) is 11.8 Å². The Balaban J connectivity index is 2.29. The molecule has 0 saturated carbocycles. The van der Waals surface area contributed by atoms with Gasteiger partial charge in [-0.3, -0.25) is 14.5 Å². The molecule has 1 aliphatic heterocycles. The predicted molar refractivity (Wildman–Crippen MR) is 71.9 cm³/mol. The molecule has 0 spiro atoms. The Hall–Kier alpha value is -1.84. The second-order valence-electron chi connectivity index (χ2n) is 5.10. The van der Waals surface area contributed by atoms with Crippen LogP contribution >= 0.6 is 0 Å². The van der Waals surface area contributed by atoms with E-state index >= 15 is 0 Å². The first-order valence-electron chi connectivity index (χ1n) is 6.53. The Morgan fingerprint density at radius 2 is 1.84 bits per heavy atom. The van der Waals surface area contributed by atoms with Crippen molar-refractivity contribution in [2.45, 2.75) is 39.2 Å². The van der Waals surface area contributed by atoms with Gasteiger partial charge < -0.3 is 4.74 Å². The number of hydrogen-bond donors (Lipinski definition) is 0. The molecule has 2 amide bonds. The molecule has 4 heteroatoms. The summed E-state index contributed by atoms with van der Waals surface area (Å²) in [5.74, 6) is 0.926. The Morgan fingerprint density at radius 3 is 2.37 bits per heavy atom. The van der Waals surface area contributed by atoms with Crippen molar-refractivity contribution >= 4 is 11.8 Å². The topological polar surface area (TPSA) is 46.6 Å². The second kappa shape index (κ2) is 5.43. The fraction of sp³-hybridized carbons (Fsp3) is 0.467. The Morgan fingerprint density at radius 1 is 1.21 bits per heavy atom. The molecule has 0 bridgehead atoms. The molecule has 0 unspecified atom stereocenters. The average molecular weight is 261 g/mol. The molecular weight excluding hydrogens is 242 g/mol. The number of likely N-dealkylation sites (tertiary alicyclic amines) is 1. The molecule has 1 saturated heterocycles. The van der Waals surface area contributed by atoms with Gasteiger partial charge in [-0.15, -0.1) is 0 Å². The van der Waals surface area contributed by atoms with Gasteiger partial charge in [0.1, 0.15) is 5.75 Å². The Kier molecular flexibility index (Phi) is 3.88. The van der Waals surface area contributed by atoms with Crippen LogP contribution in [0.25, 0.3) is 0 Å². The third-order valence-corrected chi connectivity index (χ3v) is 3.45. The van der Waals surface area contributed by atoms with Gasteiger partial charge in [0.25, 0.3) is 0 Å². The Bertz CT molecular complexity index is 492. The van der Waals surface area contributed by atoms with Crippen molar-refractivity contribution in [2.75, 3.05) is 7.11 Å². The zero-order valence-corrected chi connectivity index (χ0v) is 11.6. The largest absolute Gasteiger partial charge is 0.496 e. The maximum atomic E-state index is 11.7. The van der Waals surface area contributed by atoms with E-state index in [9.17, 15) is 9.59 Å². The number of carbonyl (C=O) groups is 2. The number of methoxy groups -OCH3 is 1. The average Bonchev–Trinajstić information content (AvgIpc) is 2.70. The van der Waals surface area contributed by atoms with E-state index in [2.05, 4.69) is 13.8 Å². The summed E-state index contributed by atoms with van der Waals surface area (Å²) in [6, 6.07) is 5.93. The summed E-state index contributed by atoms with van der Waals surface area (Å²) in [6.45, 7) is 4.52. The lowest BCUT2D eigenvalue weighted by Gasteiger charge is -2.18. The van der Waals surface area contributed by atoms with E-state index < -0.39 is 0 Å². The second-order valence-corrected chi connectivity index (χ2v) is 5.10. The van der Waals surface area contributed by atoms with Crippen LogP contribution in [-0.4, -0.2) is 23.8 Å². The zero-order valence-electron chi connectivity index (χ0n) is 11.6. The normalized spacial score (nSPS) is 15.5. The lowest BCUT2D eigenvalue weighted by Crippen LogP contribution is -2.28. The van der Waals surface area contributed by atoms with Crippen LogP contribution in [0.5, 0.6) is 5.75 Å². The van der Waals surface area contributed by atoms with Gasteiger partial charge in [-0.2, -0.15) is 0 Å². The number of hydrogen-bond acceptors (Lipinski definition) is 3. The molecule has 102 valence electrons. The van der Waals surface area contributed by atoms with Crippen LogP contribution in [0.4, 0.5) is 0 Å². The highest BCUT2D eigenvalue weighted by Crippen LogP contribution is 2.27. The molecule has 0 aromatic heterocycles. The first kappa shape index (κ1) is 13.6. The van der Waals surface area contributed by atoms with Gasteiger partial charge in [0.05, 0.1) is 13.7 Å². The van der Waals surface area contributed by atoms with Crippen LogP contribution in [0.3, 0.4) is 0 Å². The summed E-state index contributed by atoms with van der Waals surface area (Å²) >= 11 is 0. The van der Waals surface area contributed by atoms with Crippen molar-refractivity contribution in [2.24, 2.45) is 0 Å². The molecule has 0 atom stereocenters. The van der Waals surface area contributed by atoms with Crippen LogP contribution in [0.2, 0.25) is 0 Å². The summed E-state index contributed by atoms with van der Waals surface area (Å²) in [5, 5.41) is 0. The SMILES string of the molecule is COc1ccc(C(C)C)cc1CN1C(=O)CCC1=O. The smallest absolute Gasteiger partial charge is 0.230 e. The maximum Gasteiger partial charge on any atom is 0.230 e. The van der Waals surface area contributed by atoms with Crippen LogP contribution in [-0.2, 0) is 16.1 Å². The minimum Gasteiger partial charge on any atom is -0.496 e. The molecule has 0 N–H and O–H groups in total. The molecule has 1 aliphatic rings. The number of imide groups is 1. The molecule has 19 heavy (non-hydrogen) atoms. The lowest BCUT2D eigenvalue weighted by atomic mass is 10.00. The fourth-order valence-electron chi connectivity index (χ4n) is 2.25. The van der Waals surface area contributed by atoms with Crippen molar-refractivity contribution < 1.29 is 14.3 Å². The molecule has 1 aromatic carbocycles. The van der Waals surface area contributed by atoms with Crippen LogP contribution in [0, 0.1) is 0 Å². The van der Waals surface area contributed by atoms with Gasteiger partial charge in [-0.1, -0.05) is 26.0 Å². The minimum atomic E-state index is -0.0954. The van der Waals surface area contributed by atoms with E-state index in [-0.39, 0.29) is 11.8 Å². The quantitative estimate of drug-likeness (QED) is 0.782. The highest BCUT2D eigenvalue weighted by molar-refractivity contribution is 6.01. The molecule has 1 fully saturated rings. The van der Waals surface area contributed by atoms with E-state index in [1.165, 1.54) is 10.5 Å². The van der Waals surface area contributed by atoms with Crippen molar-refractivity contribution in [3.8, 4) is 5.75 Å². The summed E-state index contributed by atoms with van der Waals surface area (Å²) in [6.07, 6.45) is 0.649. The first-order valence-corrected chi connectivity index (χ1v) is 6.53. The summed E-state index contributed by atoms with van der Waals surface area (Å²) in [5.41, 5.74) is 2.06. The van der Waals surface area contributed by atoms with Gasteiger partial charge in [-0.25, -0.2) is 0 Å². The molecule has 0 aliphatic carbocycles. The van der Waals surface area contributed by atoms with Crippen LogP contribution < -0.4 is 4.74 Å². The molecule has 4 nitrogen and oxygen atoms in total. The van der Waals surface area contributed by atoms with E-state index in [1.807, 2.05) is 18.2 Å². The lowest BCUT2D eigenvalue weighted by molar-refractivity contribution is -0.139. The molecule has 1 heterocycles. The van der Waals surface area contributed by atoms with Gasteiger partial charge in [-0.05, 0) is 17.5 Å². The standard InChI is InChI=1S/C15H19NO3/c1-10(2)11-4-5-13(19-3)12(8-11)9-16-14(17)6-7-15(16)18/h4-5,8,10H,6-7,9H2,1-3H3. The number of ether oxygens (including phenoxy) is 1. The number of carbonyl (C=O) groups excluding carboxylic acids is 2. The van der Waals surface area contributed by atoms with Crippen molar-refractivity contribution in [3.63, 3.8) is 0 Å². The highest BCUT2D eigenvalue weighted by atomic mass is 16.5. The van der Waals surface area contributed by atoms with Crippen molar-refractivity contribution in [1.29, 1.82) is 0 Å². The van der Waals surface area contributed by atoms with Gasteiger partial charge >= 0.3 is 0 Å². The number of benzene rings is 1. The van der Waals surface area contributed by atoms with E-state index in [4.69, 9.17) is 4.74 Å². The maximum absolute atomic E-state index is 11.7. The number of rotatable bonds is 4. The number of amides is 2. The summed E-state index contributed by atoms with van der Waals surface area (Å²) in [7, 11) is 1.60. The third-order valence-electron chi connectivity index (χ3n) is 3.45. The zero-order chi connectivity index (χ0) is 14.0. The monoisotopic (exact) mass is 261 g/mol. The van der Waals surface area contributed by atoms with Crippen molar-refractivity contribution in [1.82, 2.24) is 4.90 Å².